The first kappa shape index (κ1) is 13.2. The summed E-state index contributed by atoms with van der Waals surface area (Å²) < 4.78 is 0. The molecule has 7 nitrogen and oxygen atoms in total. The molecule has 0 saturated heterocycles. The molecular weight excluding hydrogens is 290 g/mol. The summed E-state index contributed by atoms with van der Waals surface area (Å²) >= 11 is 0. The number of aromatic amines is 1. The van der Waals surface area contributed by atoms with Crippen molar-refractivity contribution in [1.29, 1.82) is 0 Å². The summed E-state index contributed by atoms with van der Waals surface area (Å²) in [7, 11) is 0. The van der Waals surface area contributed by atoms with Crippen molar-refractivity contribution in [3.05, 3.63) is 61.3 Å². The van der Waals surface area contributed by atoms with E-state index in [1.54, 1.807) is 18.6 Å². The molecule has 109 valence electrons. The molecule has 7 heteroatoms. The molecule has 0 bridgehead atoms. The SMILES string of the molecule is [c]1nc(-c2ccccn2)c(-c2c[nH]nn2)c(-c2ccccn2)n1. The fourth-order valence-corrected chi connectivity index (χ4v) is 2.29. The second-order valence-corrected chi connectivity index (χ2v) is 4.68. The minimum atomic E-state index is 0.625. The van der Waals surface area contributed by atoms with Crippen molar-refractivity contribution >= 4 is 0 Å². The highest BCUT2D eigenvalue weighted by atomic mass is 15.3. The van der Waals surface area contributed by atoms with Gasteiger partial charge in [-0.15, -0.1) is 5.10 Å². The van der Waals surface area contributed by atoms with Crippen LogP contribution in [0.4, 0.5) is 0 Å². The molecule has 0 aliphatic heterocycles. The number of rotatable bonds is 3. The Morgan fingerprint density at radius 3 is 1.91 bits per heavy atom. The Bertz CT molecular complexity index is 848. The quantitative estimate of drug-likeness (QED) is 0.623. The highest BCUT2D eigenvalue weighted by Gasteiger charge is 2.19. The third-order valence-corrected chi connectivity index (χ3v) is 3.29. The van der Waals surface area contributed by atoms with Crippen LogP contribution in [0.1, 0.15) is 0 Å². The van der Waals surface area contributed by atoms with E-state index in [0.29, 0.717) is 28.5 Å². The third-order valence-electron chi connectivity index (χ3n) is 3.29. The molecule has 1 radical (unpaired) electrons. The van der Waals surface area contributed by atoms with Crippen molar-refractivity contribution < 1.29 is 0 Å². The first-order chi connectivity index (χ1) is 11.4. The van der Waals surface area contributed by atoms with Crippen LogP contribution in [0.2, 0.25) is 0 Å². The largest absolute Gasteiger partial charge is 0.265 e. The zero-order chi connectivity index (χ0) is 15.5. The summed E-state index contributed by atoms with van der Waals surface area (Å²) in [5, 5.41) is 10.6. The van der Waals surface area contributed by atoms with Crippen LogP contribution in [0.5, 0.6) is 0 Å². The van der Waals surface area contributed by atoms with Crippen molar-refractivity contribution in [1.82, 2.24) is 35.3 Å². The van der Waals surface area contributed by atoms with Gasteiger partial charge in [-0.2, -0.15) is 0 Å². The summed E-state index contributed by atoms with van der Waals surface area (Å²) in [6.45, 7) is 0. The zero-order valence-corrected chi connectivity index (χ0v) is 11.9. The molecule has 0 saturated carbocycles. The van der Waals surface area contributed by atoms with E-state index in [0.717, 1.165) is 5.56 Å². The minimum absolute atomic E-state index is 0.625. The second-order valence-electron chi connectivity index (χ2n) is 4.68. The molecule has 4 heterocycles. The van der Waals surface area contributed by atoms with Crippen molar-refractivity contribution in [2.75, 3.05) is 0 Å². The highest BCUT2D eigenvalue weighted by Crippen LogP contribution is 2.34. The molecule has 0 fully saturated rings. The zero-order valence-electron chi connectivity index (χ0n) is 11.9. The molecule has 4 aromatic heterocycles. The number of pyridine rings is 2. The van der Waals surface area contributed by atoms with E-state index in [4.69, 9.17) is 0 Å². The Morgan fingerprint density at radius 2 is 1.43 bits per heavy atom. The van der Waals surface area contributed by atoms with Gasteiger partial charge in [0.2, 0.25) is 0 Å². The fourth-order valence-electron chi connectivity index (χ4n) is 2.29. The number of hydrogen-bond acceptors (Lipinski definition) is 6. The molecule has 0 amide bonds. The van der Waals surface area contributed by atoms with E-state index in [-0.39, 0.29) is 0 Å². The Balaban J connectivity index is 2.01. The van der Waals surface area contributed by atoms with E-state index in [1.165, 1.54) is 0 Å². The monoisotopic (exact) mass is 300 g/mol. The molecule has 0 spiro atoms. The van der Waals surface area contributed by atoms with Gasteiger partial charge in [0, 0.05) is 12.4 Å². The molecule has 23 heavy (non-hydrogen) atoms. The first-order valence-corrected chi connectivity index (χ1v) is 6.91. The summed E-state index contributed by atoms with van der Waals surface area (Å²) in [5.41, 5.74) is 4.03. The van der Waals surface area contributed by atoms with E-state index >= 15 is 0 Å². The molecule has 4 rings (SSSR count). The molecule has 1 N–H and O–H groups in total. The van der Waals surface area contributed by atoms with Gasteiger partial charge in [0.25, 0.3) is 0 Å². The number of H-pyrrole nitrogens is 1. The number of aromatic nitrogens is 7. The van der Waals surface area contributed by atoms with Crippen LogP contribution in [0.15, 0.2) is 55.0 Å². The van der Waals surface area contributed by atoms with E-state index in [2.05, 4.69) is 41.7 Å². The van der Waals surface area contributed by atoms with Gasteiger partial charge in [0.15, 0.2) is 6.33 Å². The summed E-state index contributed by atoms with van der Waals surface area (Å²) in [5.74, 6) is 0. The van der Waals surface area contributed by atoms with Gasteiger partial charge < -0.3 is 0 Å². The maximum atomic E-state index is 4.37. The molecule has 4 aromatic rings. The van der Waals surface area contributed by atoms with E-state index < -0.39 is 0 Å². The number of nitrogens with one attached hydrogen (secondary N) is 1. The van der Waals surface area contributed by atoms with Gasteiger partial charge in [0.1, 0.15) is 17.1 Å². The Morgan fingerprint density at radius 1 is 0.783 bits per heavy atom. The Labute approximate surface area is 131 Å². The number of hydrogen-bond donors (Lipinski definition) is 1. The van der Waals surface area contributed by atoms with Crippen molar-refractivity contribution in [2.45, 2.75) is 0 Å². The van der Waals surface area contributed by atoms with Gasteiger partial charge in [0.05, 0.1) is 23.1 Å². The lowest BCUT2D eigenvalue weighted by Gasteiger charge is -2.09. The van der Waals surface area contributed by atoms with E-state index in [9.17, 15) is 0 Å². The second kappa shape index (κ2) is 5.72. The minimum Gasteiger partial charge on any atom is -0.265 e. The summed E-state index contributed by atoms with van der Waals surface area (Å²) in [4.78, 5) is 17.3. The normalized spacial score (nSPS) is 10.6. The third kappa shape index (κ3) is 2.44. The smallest absolute Gasteiger partial charge is 0.199 e. The van der Waals surface area contributed by atoms with Gasteiger partial charge in [-0.1, -0.05) is 17.3 Å². The molecule has 0 atom stereocenters. The molecular formula is C16H10N7. The lowest BCUT2D eigenvalue weighted by molar-refractivity contribution is 0.941. The van der Waals surface area contributed by atoms with Crippen LogP contribution >= 0.6 is 0 Å². The maximum absolute atomic E-state index is 4.37. The molecule has 0 unspecified atom stereocenters. The van der Waals surface area contributed by atoms with Gasteiger partial charge in [-0.3, -0.25) is 15.1 Å². The lowest BCUT2D eigenvalue weighted by Crippen LogP contribution is -1.99. The van der Waals surface area contributed by atoms with Crippen LogP contribution in [0.3, 0.4) is 0 Å². The van der Waals surface area contributed by atoms with Crippen LogP contribution in [-0.4, -0.2) is 35.3 Å². The van der Waals surface area contributed by atoms with Crippen molar-refractivity contribution in [3.63, 3.8) is 0 Å². The van der Waals surface area contributed by atoms with Gasteiger partial charge in [-0.25, -0.2) is 9.97 Å². The van der Waals surface area contributed by atoms with E-state index in [1.807, 2.05) is 36.4 Å². The average molecular weight is 300 g/mol. The average Bonchev–Trinajstić information content (AvgIpc) is 3.17. The van der Waals surface area contributed by atoms with Crippen molar-refractivity contribution in [2.24, 2.45) is 0 Å². The molecule has 0 aromatic carbocycles. The summed E-state index contributed by atoms with van der Waals surface area (Å²) in [6.07, 6.45) is 7.81. The number of nitrogens with zero attached hydrogens (tertiary/aromatic N) is 6. The standard InChI is InChI=1S/C16H10N7/c1-3-7-17-11(5-1)15-14(13-9-21-23-22-13)16(20-10-19-15)12-6-2-4-8-18-12/h1-9H,(H,21,22,23). The fraction of sp³-hybridized carbons (Fsp3) is 0. The van der Waals surface area contributed by atoms with Gasteiger partial charge in [-0.05, 0) is 24.3 Å². The summed E-state index contributed by atoms with van der Waals surface area (Å²) in [6, 6.07) is 11.3. The molecule has 0 aliphatic rings. The molecule has 0 aliphatic carbocycles. The van der Waals surface area contributed by atoms with Gasteiger partial charge >= 0.3 is 0 Å². The first-order valence-electron chi connectivity index (χ1n) is 6.91. The predicted molar refractivity (Wildman–Crippen MR) is 82.7 cm³/mol. The van der Waals surface area contributed by atoms with Crippen LogP contribution in [0.25, 0.3) is 34.0 Å². The van der Waals surface area contributed by atoms with Crippen LogP contribution < -0.4 is 0 Å². The van der Waals surface area contributed by atoms with Crippen LogP contribution in [-0.2, 0) is 0 Å². The van der Waals surface area contributed by atoms with Crippen molar-refractivity contribution in [3.8, 4) is 34.0 Å². The van der Waals surface area contributed by atoms with Crippen LogP contribution in [0, 0.1) is 6.33 Å². The topological polar surface area (TPSA) is 93.1 Å². The Hall–Kier alpha value is -3.48. The lowest BCUT2D eigenvalue weighted by atomic mass is 10.0. The predicted octanol–water partition coefficient (Wildman–Crippen LogP) is 2.19. The Kier molecular flexibility index (Phi) is 3.28. The highest BCUT2D eigenvalue weighted by molar-refractivity contribution is 5.87. The maximum Gasteiger partial charge on any atom is 0.199 e.